The first-order valence-electron chi connectivity index (χ1n) is 4.54. The van der Waals surface area contributed by atoms with E-state index >= 15 is 0 Å². The van der Waals surface area contributed by atoms with Crippen LogP contribution in [0.3, 0.4) is 0 Å². The smallest absolute Gasteiger partial charge is 0.240 e. The number of rotatable bonds is 4. The normalized spacial score (nSPS) is 11.8. The molecule has 0 bridgehead atoms. The van der Waals surface area contributed by atoms with E-state index in [9.17, 15) is 12.8 Å². The zero-order valence-corrected chi connectivity index (χ0v) is 11.0. The predicted molar refractivity (Wildman–Crippen MR) is 63.1 cm³/mol. The minimum Gasteiger partial charge on any atom is -0.329 e. The summed E-state index contributed by atoms with van der Waals surface area (Å²) in [5.74, 6) is -0.490. The lowest BCUT2D eigenvalue weighted by Gasteiger charge is -2.09. The van der Waals surface area contributed by atoms with Crippen LogP contribution in [0.2, 0.25) is 0 Å². The molecular formula is C9H12BrFN2O2S. The van der Waals surface area contributed by atoms with Gasteiger partial charge in [0.1, 0.15) is 5.82 Å². The molecular weight excluding hydrogens is 299 g/mol. The maximum absolute atomic E-state index is 13.1. The number of halogens is 2. The van der Waals surface area contributed by atoms with E-state index < -0.39 is 15.8 Å². The summed E-state index contributed by atoms with van der Waals surface area (Å²) >= 11 is 2.95. The van der Waals surface area contributed by atoms with Crippen LogP contribution in [0.5, 0.6) is 0 Å². The maximum atomic E-state index is 13.1. The zero-order chi connectivity index (χ0) is 12.3. The number of hydrogen-bond donors (Lipinski definition) is 2. The van der Waals surface area contributed by atoms with E-state index in [-0.39, 0.29) is 22.5 Å². The Hall–Kier alpha value is -0.500. The van der Waals surface area contributed by atoms with Gasteiger partial charge in [-0.3, -0.25) is 0 Å². The summed E-state index contributed by atoms with van der Waals surface area (Å²) in [5.41, 5.74) is 5.56. The highest BCUT2D eigenvalue weighted by molar-refractivity contribution is 9.10. The van der Waals surface area contributed by atoms with Crippen LogP contribution in [0, 0.1) is 12.7 Å². The van der Waals surface area contributed by atoms with Crippen LogP contribution in [0.4, 0.5) is 4.39 Å². The molecule has 0 fully saturated rings. The average Bonchev–Trinajstić information content (AvgIpc) is 2.20. The fourth-order valence-corrected chi connectivity index (χ4v) is 2.98. The largest absolute Gasteiger partial charge is 0.329 e. The summed E-state index contributed by atoms with van der Waals surface area (Å²) < 4.78 is 39.1. The fraction of sp³-hybridized carbons (Fsp3) is 0.333. The van der Waals surface area contributed by atoms with Crippen molar-refractivity contribution in [1.82, 2.24) is 4.72 Å². The average molecular weight is 311 g/mol. The lowest BCUT2D eigenvalue weighted by molar-refractivity contribution is 0.580. The molecule has 0 atom stereocenters. The molecule has 4 nitrogen and oxygen atoms in total. The molecule has 0 saturated heterocycles. The van der Waals surface area contributed by atoms with Crippen LogP contribution >= 0.6 is 15.9 Å². The number of nitrogens with one attached hydrogen (secondary N) is 1. The van der Waals surface area contributed by atoms with Crippen molar-refractivity contribution in [3.63, 3.8) is 0 Å². The van der Waals surface area contributed by atoms with Crippen molar-refractivity contribution in [2.24, 2.45) is 5.73 Å². The molecule has 0 unspecified atom stereocenters. The van der Waals surface area contributed by atoms with Crippen molar-refractivity contribution in [1.29, 1.82) is 0 Å². The molecule has 3 N–H and O–H groups in total. The molecule has 90 valence electrons. The summed E-state index contributed by atoms with van der Waals surface area (Å²) in [6, 6.07) is 2.41. The van der Waals surface area contributed by atoms with Crippen molar-refractivity contribution in [3.05, 3.63) is 28.0 Å². The topological polar surface area (TPSA) is 72.2 Å². The lowest BCUT2D eigenvalue weighted by atomic mass is 10.2. The van der Waals surface area contributed by atoms with E-state index in [1.165, 1.54) is 19.1 Å². The molecule has 0 radical (unpaired) electrons. The van der Waals surface area contributed by atoms with Gasteiger partial charge in [0, 0.05) is 13.1 Å². The Morgan fingerprint density at radius 1 is 1.50 bits per heavy atom. The van der Waals surface area contributed by atoms with Crippen molar-refractivity contribution in [3.8, 4) is 0 Å². The maximum Gasteiger partial charge on any atom is 0.240 e. The molecule has 0 aliphatic heterocycles. The third kappa shape index (κ3) is 3.00. The van der Waals surface area contributed by atoms with E-state index in [0.29, 0.717) is 5.56 Å². The summed E-state index contributed by atoms with van der Waals surface area (Å²) in [4.78, 5) is 0.0502. The Labute approximate surface area is 102 Å². The molecule has 7 heteroatoms. The van der Waals surface area contributed by atoms with E-state index in [2.05, 4.69) is 20.7 Å². The van der Waals surface area contributed by atoms with Crippen LogP contribution in [-0.4, -0.2) is 21.5 Å². The Kier molecular flexibility index (Phi) is 4.43. The number of nitrogens with two attached hydrogens (primary N) is 1. The van der Waals surface area contributed by atoms with E-state index in [4.69, 9.17) is 5.73 Å². The van der Waals surface area contributed by atoms with E-state index in [1.54, 1.807) is 0 Å². The van der Waals surface area contributed by atoms with Crippen molar-refractivity contribution >= 4 is 26.0 Å². The quantitative estimate of drug-likeness (QED) is 0.876. The molecule has 1 aromatic rings. The van der Waals surface area contributed by atoms with Gasteiger partial charge >= 0.3 is 0 Å². The fourth-order valence-electron chi connectivity index (χ4n) is 1.19. The number of aryl methyl sites for hydroxylation is 1. The van der Waals surface area contributed by atoms with Crippen LogP contribution in [0.15, 0.2) is 21.5 Å². The van der Waals surface area contributed by atoms with Gasteiger partial charge in [-0.2, -0.15) is 0 Å². The van der Waals surface area contributed by atoms with Crippen molar-refractivity contribution in [2.45, 2.75) is 11.8 Å². The predicted octanol–water partition coefficient (Wildman–Crippen LogP) is 1.13. The Morgan fingerprint density at radius 3 is 2.69 bits per heavy atom. The summed E-state index contributed by atoms with van der Waals surface area (Å²) in [6.07, 6.45) is 0. The second kappa shape index (κ2) is 5.22. The van der Waals surface area contributed by atoms with Crippen molar-refractivity contribution < 1.29 is 12.8 Å². The molecule has 1 aromatic carbocycles. The first kappa shape index (κ1) is 13.6. The van der Waals surface area contributed by atoms with Crippen LogP contribution < -0.4 is 10.5 Å². The monoisotopic (exact) mass is 310 g/mol. The first-order valence-corrected chi connectivity index (χ1v) is 6.81. The van der Waals surface area contributed by atoms with E-state index in [0.717, 1.165) is 0 Å². The summed E-state index contributed by atoms with van der Waals surface area (Å²) in [7, 11) is -3.62. The Morgan fingerprint density at radius 2 is 2.12 bits per heavy atom. The standard InChI is InChI=1S/C9H12BrFN2O2S/c1-6-4-8(11)7(10)5-9(6)16(14,15)13-3-2-12/h4-5,13H,2-3,12H2,1H3. The highest BCUT2D eigenvalue weighted by Crippen LogP contribution is 2.23. The van der Waals surface area contributed by atoms with Gasteiger partial charge in [0.25, 0.3) is 0 Å². The third-order valence-corrected chi connectivity index (χ3v) is 4.15. The van der Waals surface area contributed by atoms with Crippen LogP contribution in [0.1, 0.15) is 5.56 Å². The first-order chi connectivity index (χ1) is 7.38. The molecule has 0 aliphatic rings. The highest BCUT2D eigenvalue weighted by atomic mass is 79.9. The molecule has 0 aromatic heterocycles. The van der Waals surface area contributed by atoms with Crippen LogP contribution in [-0.2, 0) is 10.0 Å². The van der Waals surface area contributed by atoms with Gasteiger partial charge in [0.15, 0.2) is 0 Å². The SMILES string of the molecule is Cc1cc(F)c(Br)cc1S(=O)(=O)NCCN. The molecule has 0 spiro atoms. The van der Waals surface area contributed by atoms with Gasteiger partial charge in [-0.1, -0.05) is 0 Å². The van der Waals surface area contributed by atoms with Crippen LogP contribution in [0.25, 0.3) is 0 Å². The van der Waals surface area contributed by atoms with E-state index in [1.807, 2.05) is 0 Å². The highest BCUT2D eigenvalue weighted by Gasteiger charge is 2.18. The minimum atomic E-state index is -3.62. The van der Waals surface area contributed by atoms with Gasteiger partial charge in [0.2, 0.25) is 10.0 Å². The lowest BCUT2D eigenvalue weighted by Crippen LogP contribution is -2.29. The van der Waals surface area contributed by atoms with Gasteiger partial charge in [-0.15, -0.1) is 0 Å². The Balaban J connectivity index is 3.18. The molecule has 0 heterocycles. The number of benzene rings is 1. The minimum absolute atomic E-state index is 0.0502. The summed E-state index contributed by atoms with van der Waals surface area (Å²) in [5, 5.41) is 0. The molecule has 0 saturated carbocycles. The zero-order valence-electron chi connectivity index (χ0n) is 8.63. The summed E-state index contributed by atoms with van der Waals surface area (Å²) in [6.45, 7) is 1.89. The molecule has 1 rings (SSSR count). The van der Waals surface area contributed by atoms with Gasteiger partial charge < -0.3 is 5.73 Å². The molecule has 0 amide bonds. The second-order valence-corrected chi connectivity index (χ2v) is 5.81. The third-order valence-electron chi connectivity index (χ3n) is 1.94. The van der Waals surface area contributed by atoms with Gasteiger partial charge in [-0.25, -0.2) is 17.5 Å². The Bertz CT molecular complexity index is 491. The molecule has 0 aliphatic carbocycles. The molecule has 16 heavy (non-hydrogen) atoms. The second-order valence-electron chi connectivity index (χ2n) is 3.22. The van der Waals surface area contributed by atoms with Gasteiger partial charge in [0.05, 0.1) is 9.37 Å². The van der Waals surface area contributed by atoms with Gasteiger partial charge in [-0.05, 0) is 40.5 Å². The number of hydrogen-bond acceptors (Lipinski definition) is 3. The number of sulfonamides is 1. The van der Waals surface area contributed by atoms with Crippen molar-refractivity contribution in [2.75, 3.05) is 13.1 Å².